The molecule has 3 heterocycles. The maximum atomic E-state index is 14.3. The van der Waals surface area contributed by atoms with Crippen LogP contribution in [0, 0.1) is 11.6 Å². The Kier molecular flexibility index (Phi) is 4.88. The second kappa shape index (κ2) is 7.84. The van der Waals surface area contributed by atoms with Crippen LogP contribution in [0.4, 0.5) is 14.7 Å². The molecule has 0 saturated carbocycles. The van der Waals surface area contributed by atoms with Gasteiger partial charge < -0.3 is 15.6 Å². The third-order valence-electron chi connectivity index (χ3n) is 5.49. The average Bonchev–Trinajstić information content (AvgIpc) is 3.18. The number of halogens is 2. The number of H-pyrrole nitrogens is 1. The van der Waals surface area contributed by atoms with E-state index in [1.807, 2.05) is 18.3 Å². The number of aromatic amines is 1. The number of aromatic nitrogens is 3. The standard InChI is InChI=1S/C23H21F2N5/c24-18-4-1-5-19(25)22(18)14-6-7-20-16(11-14)17(13-28-20)21-8-10-27-23(30-21)29-15-3-2-9-26-12-15/h1,4-8,10-11,13,15,26,28H,2-3,9,12H2,(H,27,29,30). The van der Waals surface area contributed by atoms with Gasteiger partial charge in [-0.25, -0.2) is 18.7 Å². The molecule has 0 radical (unpaired) electrons. The maximum Gasteiger partial charge on any atom is 0.223 e. The highest BCUT2D eigenvalue weighted by atomic mass is 19.1. The third-order valence-corrected chi connectivity index (χ3v) is 5.49. The number of hydrogen-bond acceptors (Lipinski definition) is 4. The molecule has 5 nitrogen and oxygen atoms in total. The third kappa shape index (κ3) is 3.52. The van der Waals surface area contributed by atoms with Crippen LogP contribution in [0.2, 0.25) is 0 Å². The van der Waals surface area contributed by atoms with E-state index in [9.17, 15) is 8.78 Å². The summed E-state index contributed by atoms with van der Waals surface area (Å²) in [5.41, 5.74) is 2.93. The first-order chi connectivity index (χ1) is 14.7. The van der Waals surface area contributed by atoms with Crippen LogP contribution in [0.5, 0.6) is 0 Å². The van der Waals surface area contributed by atoms with Gasteiger partial charge in [-0.3, -0.25) is 0 Å². The molecule has 1 atom stereocenters. The number of hydrogen-bond donors (Lipinski definition) is 3. The van der Waals surface area contributed by atoms with Gasteiger partial charge in [0, 0.05) is 41.4 Å². The molecule has 2 aromatic heterocycles. The predicted molar refractivity (Wildman–Crippen MR) is 114 cm³/mol. The van der Waals surface area contributed by atoms with Crippen molar-refractivity contribution in [1.29, 1.82) is 0 Å². The first-order valence-corrected chi connectivity index (χ1v) is 10.1. The van der Waals surface area contributed by atoms with Gasteiger partial charge in [0.05, 0.1) is 11.3 Å². The lowest BCUT2D eigenvalue weighted by Crippen LogP contribution is -2.38. The van der Waals surface area contributed by atoms with Crippen LogP contribution < -0.4 is 10.6 Å². The lowest BCUT2D eigenvalue weighted by atomic mass is 10.0. The minimum absolute atomic E-state index is 0.0265. The SMILES string of the molecule is Fc1cccc(F)c1-c1ccc2[nH]cc(-c3ccnc(NC4CCCNC4)n3)c2c1. The molecule has 1 fully saturated rings. The average molecular weight is 405 g/mol. The fourth-order valence-corrected chi connectivity index (χ4v) is 4.00. The molecule has 30 heavy (non-hydrogen) atoms. The van der Waals surface area contributed by atoms with Gasteiger partial charge >= 0.3 is 0 Å². The topological polar surface area (TPSA) is 65.6 Å². The van der Waals surface area contributed by atoms with E-state index in [0.717, 1.165) is 48.1 Å². The van der Waals surface area contributed by atoms with Crippen molar-refractivity contribution in [1.82, 2.24) is 20.3 Å². The molecule has 4 aromatic rings. The van der Waals surface area contributed by atoms with Gasteiger partial charge in [0.1, 0.15) is 11.6 Å². The fraction of sp³-hybridized carbons (Fsp3) is 0.217. The first-order valence-electron chi connectivity index (χ1n) is 10.1. The molecule has 1 aliphatic heterocycles. The van der Waals surface area contributed by atoms with Crippen molar-refractivity contribution in [3.63, 3.8) is 0 Å². The van der Waals surface area contributed by atoms with Gasteiger partial charge in [0.15, 0.2) is 0 Å². The smallest absolute Gasteiger partial charge is 0.223 e. The van der Waals surface area contributed by atoms with Gasteiger partial charge in [-0.05, 0) is 55.3 Å². The molecule has 1 aliphatic rings. The first kappa shape index (κ1) is 18.7. The molecule has 3 N–H and O–H groups in total. The summed E-state index contributed by atoms with van der Waals surface area (Å²) in [4.78, 5) is 12.2. The van der Waals surface area contributed by atoms with Gasteiger partial charge in [0.25, 0.3) is 0 Å². The number of benzene rings is 2. The Labute approximate surface area is 172 Å². The van der Waals surface area contributed by atoms with Crippen molar-refractivity contribution in [2.24, 2.45) is 0 Å². The van der Waals surface area contributed by atoms with Crippen LogP contribution in [-0.2, 0) is 0 Å². The lowest BCUT2D eigenvalue weighted by Gasteiger charge is -2.23. The highest BCUT2D eigenvalue weighted by Crippen LogP contribution is 2.33. The highest BCUT2D eigenvalue weighted by molar-refractivity contribution is 5.97. The molecule has 1 saturated heterocycles. The van der Waals surface area contributed by atoms with E-state index in [-0.39, 0.29) is 5.56 Å². The van der Waals surface area contributed by atoms with Crippen molar-refractivity contribution in [2.75, 3.05) is 18.4 Å². The summed E-state index contributed by atoms with van der Waals surface area (Å²) in [6.07, 6.45) is 5.78. The molecule has 0 spiro atoms. The summed E-state index contributed by atoms with van der Waals surface area (Å²) < 4.78 is 28.6. The molecule has 7 heteroatoms. The number of fused-ring (bicyclic) bond motifs is 1. The van der Waals surface area contributed by atoms with Gasteiger partial charge in [-0.1, -0.05) is 12.1 Å². The monoisotopic (exact) mass is 405 g/mol. The zero-order chi connectivity index (χ0) is 20.5. The Morgan fingerprint density at radius 1 is 1.07 bits per heavy atom. The van der Waals surface area contributed by atoms with E-state index in [2.05, 4.69) is 25.6 Å². The molecule has 1 unspecified atom stereocenters. The zero-order valence-electron chi connectivity index (χ0n) is 16.3. The highest BCUT2D eigenvalue weighted by Gasteiger charge is 2.16. The minimum Gasteiger partial charge on any atom is -0.360 e. The van der Waals surface area contributed by atoms with Gasteiger partial charge in [-0.2, -0.15) is 0 Å². The second-order valence-electron chi connectivity index (χ2n) is 7.51. The Hall–Kier alpha value is -3.32. The van der Waals surface area contributed by atoms with E-state index in [4.69, 9.17) is 0 Å². The summed E-state index contributed by atoms with van der Waals surface area (Å²) in [6.45, 7) is 1.93. The molecule has 2 aromatic carbocycles. The van der Waals surface area contributed by atoms with E-state index < -0.39 is 11.6 Å². The van der Waals surface area contributed by atoms with E-state index in [0.29, 0.717) is 17.6 Å². The van der Waals surface area contributed by atoms with E-state index in [1.54, 1.807) is 18.3 Å². The molecule has 0 amide bonds. The summed E-state index contributed by atoms with van der Waals surface area (Å²) in [5.74, 6) is -0.589. The van der Waals surface area contributed by atoms with Crippen molar-refractivity contribution in [2.45, 2.75) is 18.9 Å². The van der Waals surface area contributed by atoms with Gasteiger partial charge in [-0.15, -0.1) is 0 Å². The number of nitrogens with one attached hydrogen (secondary N) is 3. The normalized spacial score (nSPS) is 16.7. The quantitative estimate of drug-likeness (QED) is 0.459. The summed E-state index contributed by atoms with van der Waals surface area (Å²) in [6, 6.07) is 11.4. The Morgan fingerprint density at radius 2 is 1.93 bits per heavy atom. The molecule has 0 bridgehead atoms. The Balaban J connectivity index is 1.53. The number of rotatable bonds is 4. The number of piperidine rings is 1. The van der Waals surface area contributed by atoms with Crippen LogP contribution in [0.15, 0.2) is 54.9 Å². The molecular formula is C23H21F2N5. The van der Waals surface area contributed by atoms with Crippen molar-refractivity contribution < 1.29 is 8.78 Å². The van der Waals surface area contributed by atoms with E-state index in [1.165, 1.54) is 18.2 Å². The zero-order valence-corrected chi connectivity index (χ0v) is 16.3. The molecule has 5 rings (SSSR count). The summed E-state index contributed by atoms with van der Waals surface area (Å²) in [7, 11) is 0. The van der Waals surface area contributed by atoms with Crippen LogP contribution >= 0.6 is 0 Å². The molecule has 152 valence electrons. The predicted octanol–water partition coefficient (Wildman–Crippen LogP) is 4.73. The number of anilines is 1. The molecular weight excluding hydrogens is 384 g/mol. The second-order valence-corrected chi connectivity index (χ2v) is 7.51. The maximum absolute atomic E-state index is 14.3. The lowest BCUT2D eigenvalue weighted by molar-refractivity contribution is 0.478. The number of nitrogens with zero attached hydrogens (tertiary/aromatic N) is 2. The largest absolute Gasteiger partial charge is 0.360 e. The van der Waals surface area contributed by atoms with Crippen LogP contribution in [-0.4, -0.2) is 34.1 Å². The van der Waals surface area contributed by atoms with Crippen molar-refractivity contribution in [3.8, 4) is 22.4 Å². The Bertz CT molecular complexity index is 1180. The van der Waals surface area contributed by atoms with Crippen LogP contribution in [0.1, 0.15) is 12.8 Å². The Morgan fingerprint density at radius 3 is 2.73 bits per heavy atom. The fourth-order valence-electron chi connectivity index (χ4n) is 4.00. The van der Waals surface area contributed by atoms with Crippen molar-refractivity contribution in [3.05, 3.63) is 66.5 Å². The molecule has 0 aliphatic carbocycles. The van der Waals surface area contributed by atoms with Crippen LogP contribution in [0.3, 0.4) is 0 Å². The summed E-state index contributed by atoms with van der Waals surface area (Å²) in [5, 5.41) is 7.60. The van der Waals surface area contributed by atoms with Gasteiger partial charge in [0.2, 0.25) is 5.95 Å². The summed E-state index contributed by atoms with van der Waals surface area (Å²) >= 11 is 0. The van der Waals surface area contributed by atoms with Crippen molar-refractivity contribution >= 4 is 16.9 Å². The minimum atomic E-state index is -0.582. The van der Waals surface area contributed by atoms with E-state index >= 15 is 0 Å². The van der Waals surface area contributed by atoms with Crippen LogP contribution in [0.25, 0.3) is 33.3 Å².